The Morgan fingerprint density at radius 3 is 2.68 bits per heavy atom. The number of nitrogens with one attached hydrogen (secondary N) is 2. The summed E-state index contributed by atoms with van der Waals surface area (Å²) in [6.45, 7) is 4.05. The van der Waals surface area contributed by atoms with E-state index in [1.807, 2.05) is 36.1 Å². The second-order valence-corrected chi connectivity index (χ2v) is 8.66. The van der Waals surface area contributed by atoms with Crippen LogP contribution >= 0.6 is 0 Å². The zero-order valence-electron chi connectivity index (χ0n) is 19.3. The Morgan fingerprint density at radius 1 is 1.15 bits per heavy atom. The Hall–Kier alpha value is -3.69. The summed E-state index contributed by atoms with van der Waals surface area (Å²) in [6.07, 6.45) is 5.52. The Balaban J connectivity index is 1.53. The van der Waals surface area contributed by atoms with Crippen molar-refractivity contribution in [2.24, 2.45) is 4.99 Å². The van der Waals surface area contributed by atoms with Crippen molar-refractivity contribution in [3.05, 3.63) is 47.9 Å². The summed E-state index contributed by atoms with van der Waals surface area (Å²) in [4.78, 5) is 46.6. The molecule has 0 radical (unpaired) electrons. The lowest BCUT2D eigenvalue weighted by Gasteiger charge is -2.25. The van der Waals surface area contributed by atoms with Crippen LogP contribution in [0.3, 0.4) is 0 Å². The number of hydrogen-bond donors (Lipinski definition) is 2. The van der Waals surface area contributed by atoms with E-state index >= 15 is 0 Å². The second kappa shape index (κ2) is 11.0. The third kappa shape index (κ3) is 6.00. The molecule has 0 spiro atoms. The second-order valence-electron chi connectivity index (χ2n) is 8.66. The number of amides is 3. The van der Waals surface area contributed by atoms with Crippen molar-refractivity contribution in [3.63, 3.8) is 0 Å². The molecule has 2 aliphatic heterocycles. The van der Waals surface area contributed by atoms with Crippen molar-refractivity contribution in [1.29, 1.82) is 0 Å². The van der Waals surface area contributed by atoms with E-state index in [-0.39, 0.29) is 30.1 Å². The average molecular weight is 467 g/mol. The van der Waals surface area contributed by atoms with E-state index in [2.05, 4.69) is 20.8 Å². The maximum absolute atomic E-state index is 13.3. The lowest BCUT2D eigenvalue weighted by atomic mass is 10.1. The van der Waals surface area contributed by atoms with Crippen LogP contribution < -0.4 is 10.6 Å². The van der Waals surface area contributed by atoms with E-state index < -0.39 is 11.9 Å². The molecule has 2 aromatic rings. The number of aryl methyl sites for hydroxylation is 1. The number of likely N-dealkylation sites (tertiary alicyclic amines) is 2. The molecule has 180 valence electrons. The first-order valence-electron chi connectivity index (χ1n) is 11.7. The molecule has 1 aromatic carbocycles. The van der Waals surface area contributed by atoms with Crippen LogP contribution in [0.2, 0.25) is 0 Å². The van der Waals surface area contributed by atoms with Crippen LogP contribution in [0, 0.1) is 6.92 Å². The van der Waals surface area contributed by atoms with Crippen LogP contribution in [0.5, 0.6) is 0 Å². The molecule has 2 aliphatic rings. The minimum atomic E-state index is -0.712. The third-order valence-corrected chi connectivity index (χ3v) is 6.00. The summed E-state index contributed by atoms with van der Waals surface area (Å²) in [5.41, 5.74) is 1.75. The van der Waals surface area contributed by atoms with Crippen molar-refractivity contribution in [2.45, 2.75) is 45.1 Å². The average Bonchev–Trinajstić information content (AvgIpc) is 3.52. The van der Waals surface area contributed by atoms with Gasteiger partial charge in [0.2, 0.25) is 23.5 Å². The minimum Gasteiger partial charge on any atom is -0.351 e. The maximum Gasteiger partial charge on any atom is 0.296 e. The summed E-state index contributed by atoms with van der Waals surface area (Å²) in [7, 11) is 0. The largest absolute Gasteiger partial charge is 0.351 e. The van der Waals surface area contributed by atoms with Crippen LogP contribution in [-0.2, 0) is 9.59 Å². The van der Waals surface area contributed by atoms with Crippen LogP contribution in [0.25, 0.3) is 0 Å². The standard InChI is InChI=1S/C24H30N6O4/c1-17-7-6-8-18(15-17)26-24(28-22(32)20-10-11-25-34-20)27-19-9-2-3-14-30(23(19)33)16-21(31)29-12-4-5-13-29/h6-8,10-11,15,19H,2-5,9,12-14,16H2,1H3,(H2,26,27,28,32)/t19-/m0/s1. The van der Waals surface area contributed by atoms with Gasteiger partial charge in [-0.2, -0.15) is 0 Å². The van der Waals surface area contributed by atoms with Crippen LogP contribution in [0.15, 0.2) is 46.0 Å². The van der Waals surface area contributed by atoms with Gasteiger partial charge in [0, 0.05) is 31.4 Å². The molecule has 4 rings (SSSR count). The number of carbonyl (C=O) groups excluding carboxylic acids is 3. The van der Waals surface area contributed by atoms with Crippen molar-refractivity contribution >= 4 is 29.4 Å². The van der Waals surface area contributed by atoms with E-state index in [1.54, 1.807) is 4.90 Å². The van der Waals surface area contributed by atoms with E-state index in [0.717, 1.165) is 50.0 Å². The summed E-state index contributed by atoms with van der Waals surface area (Å²) in [5, 5.41) is 9.37. The molecule has 34 heavy (non-hydrogen) atoms. The molecule has 0 unspecified atom stereocenters. The summed E-state index contributed by atoms with van der Waals surface area (Å²) < 4.78 is 4.94. The molecule has 2 fully saturated rings. The third-order valence-electron chi connectivity index (χ3n) is 6.00. The van der Waals surface area contributed by atoms with Crippen molar-refractivity contribution in [1.82, 2.24) is 20.3 Å². The summed E-state index contributed by atoms with van der Waals surface area (Å²) in [5.74, 6) is -0.588. The number of rotatable bonds is 5. The van der Waals surface area contributed by atoms with Gasteiger partial charge in [-0.1, -0.05) is 17.3 Å². The van der Waals surface area contributed by atoms with E-state index in [0.29, 0.717) is 13.0 Å². The maximum atomic E-state index is 13.3. The molecule has 1 atom stereocenters. The minimum absolute atomic E-state index is 0.0211. The molecular formula is C24H30N6O4. The van der Waals surface area contributed by atoms with Crippen molar-refractivity contribution < 1.29 is 18.9 Å². The van der Waals surface area contributed by atoms with Gasteiger partial charge in [0.25, 0.3) is 5.91 Å². The van der Waals surface area contributed by atoms with Crippen molar-refractivity contribution in [2.75, 3.05) is 31.5 Å². The fourth-order valence-electron chi connectivity index (χ4n) is 4.20. The lowest BCUT2D eigenvalue weighted by molar-refractivity contribution is -0.140. The SMILES string of the molecule is Cc1cccc(NC(=N[C@H]2CCCCN(CC(=O)N3CCCC3)C2=O)NC(=O)c2ccno2)c1. The van der Waals surface area contributed by atoms with Crippen LogP contribution in [-0.4, -0.2) is 70.9 Å². The number of guanidine groups is 1. The highest BCUT2D eigenvalue weighted by Crippen LogP contribution is 2.17. The van der Waals surface area contributed by atoms with Gasteiger partial charge < -0.3 is 19.6 Å². The molecule has 1 aromatic heterocycles. The Bertz CT molecular complexity index is 1050. The molecule has 3 heterocycles. The first kappa shape index (κ1) is 23.5. The number of anilines is 1. The number of benzene rings is 1. The predicted octanol–water partition coefficient (Wildman–Crippen LogP) is 2.18. The van der Waals surface area contributed by atoms with Gasteiger partial charge in [0.15, 0.2) is 0 Å². The summed E-state index contributed by atoms with van der Waals surface area (Å²) in [6, 6.07) is 8.33. The van der Waals surface area contributed by atoms with Crippen LogP contribution in [0.4, 0.5) is 5.69 Å². The molecule has 0 aliphatic carbocycles. The normalized spacial score (nSPS) is 19.1. The highest BCUT2D eigenvalue weighted by atomic mass is 16.5. The Labute approximate surface area is 198 Å². The quantitative estimate of drug-likeness (QED) is 0.515. The van der Waals surface area contributed by atoms with Gasteiger partial charge in [-0.3, -0.25) is 19.7 Å². The van der Waals surface area contributed by atoms with Crippen LogP contribution in [0.1, 0.15) is 48.2 Å². The molecular weight excluding hydrogens is 436 g/mol. The topological polar surface area (TPSA) is 120 Å². The fourth-order valence-corrected chi connectivity index (χ4v) is 4.20. The Kier molecular flexibility index (Phi) is 7.56. The van der Waals surface area contributed by atoms with Gasteiger partial charge in [0.05, 0.1) is 12.7 Å². The Morgan fingerprint density at radius 2 is 1.94 bits per heavy atom. The zero-order valence-corrected chi connectivity index (χ0v) is 19.3. The molecule has 2 saturated heterocycles. The number of aromatic nitrogens is 1. The molecule has 0 saturated carbocycles. The molecule has 10 heteroatoms. The predicted molar refractivity (Wildman–Crippen MR) is 126 cm³/mol. The van der Waals surface area contributed by atoms with Gasteiger partial charge in [-0.15, -0.1) is 0 Å². The highest BCUT2D eigenvalue weighted by Gasteiger charge is 2.30. The lowest BCUT2D eigenvalue weighted by Crippen LogP contribution is -2.45. The number of nitrogens with zero attached hydrogens (tertiary/aromatic N) is 4. The van der Waals surface area contributed by atoms with Crippen molar-refractivity contribution in [3.8, 4) is 0 Å². The molecule has 0 bridgehead atoms. The van der Waals surface area contributed by atoms with E-state index in [9.17, 15) is 14.4 Å². The molecule has 2 N–H and O–H groups in total. The summed E-state index contributed by atoms with van der Waals surface area (Å²) >= 11 is 0. The smallest absolute Gasteiger partial charge is 0.296 e. The molecule has 3 amide bonds. The highest BCUT2D eigenvalue weighted by molar-refractivity contribution is 6.09. The van der Waals surface area contributed by atoms with Gasteiger partial charge >= 0.3 is 0 Å². The first-order chi connectivity index (χ1) is 16.5. The zero-order chi connectivity index (χ0) is 23.9. The number of carbonyl (C=O) groups is 3. The van der Waals surface area contributed by atoms with E-state index in [4.69, 9.17) is 4.52 Å². The van der Waals surface area contributed by atoms with E-state index in [1.165, 1.54) is 12.3 Å². The first-order valence-corrected chi connectivity index (χ1v) is 11.7. The number of aliphatic imine (C=N–C) groups is 1. The number of hydrogen-bond acceptors (Lipinski definition) is 6. The fraction of sp³-hybridized carbons (Fsp3) is 0.458. The van der Waals surface area contributed by atoms with Gasteiger partial charge in [0.1, 0.15) is 6.04 Å². The van der Waals surface area contributed by atoms with Gasteiger partial charge in [-0.25, -0.2) is 4.99 Å². The molecule has 10 nitrogen and oxygen atoms in total. The van der Waals surface area contributed by atoms with Gasteiger partial charge in [-0.05, 0) is 56.7 Å². The monoisotopic (exact) mass is 466 g/mol.